The lowest BCUT2D eigenvalue weighted by Gasteiger charge is -2.17. The minimum absolute atomic E-state index is 0.00602. The van der Waals surface area contributed by atoms with E-state index < -0.39 is 0 Å². The first-order valence-electron chi connectivity index (χ1n) is 5.08. The van der Waals surface area contributed by atoms with Crippen LogP contribution in [-0.2, 0) is 0 Å². The highest BCUT2D eigenvalue weighted by molar-refractivity contribution is 7.98. The first-order valence-corrected chi connectivity index (χ1v) is 6.47. The Morgan fingerprint density at radius 2 is 2.38 bits per heavy atom. The summed E-state index contributed by atoms with van der Waals surface area (Å²) >= 11 is 1.73. The van der Waals surface area contributed by atoms with Gasteiger partial charge in [-0.25, -0.2) is 4.98 Å². The Labute approximate surface area is 100 Å². The van der Waals surface area contributed by atoms with Crippen LogP contribution < -0.4 is 5.32 Å². The monoisotopic (exact) mass is 239 g/mol. The molecule has 1 amide bonds. The van der Waals surface area contributed by atoms with Gasteiger partial charge in [0.1, 0.15) is 5.82 Å². The van der Waals surface area contributed by atoms with Gasteiger partial charge in [-0.15, -0.1) is 0 Å². The maximum atomic E-state index is 12.1. The number of carbonyl (C=O) groups is 1. The van der Waals surface area contributed by atoms with Gasteiger partial charge in [0.05, 0.1) is 5.56 Å². The minimum atomic E-state index is 0.00602. The van der Waals surface area contributed by atoms with Crippen molar-refractivity contribution >= 4 is 23.5 Å². The molecular weight excluding hydrogens is 222 g/mol. The van der Waals surface area contributed by atoms with E-state index in [2.05, 4.69) is 10.3 Å². The van der Waals surface area contributed by atoms with E-state index in [1.165, 1.54) is 0 Å². The van der Waals surface area contributed by atoms with E-state index in [-0.39, 0.29) is 5.91 Å². The Kier molecular flexibility index (Phi) is 5.11. The zero-order valence-electron chi connectivity index (χ0n) is 9.86. The first-order chi connectivity index (χ1) is 7.70. The van der Waals surface area contributed by atoms with Gasteiger partial charge in [-0.2, -0.15) is 11.8 Å². The maximum Gasteiger partial charge on any atom is 0.257 e. The molecule has 0 aliphatic rings. The molecule has 0 aromatic carbocycles. The summed E-state index contributed by atoms with van der Waals surface area (Å²) in [5.41, 5.74) is 0.619. The Balaban J connectivity index is 2.79. The summed E-state index contributed by atoms with van der Waals surface area (Å²) in [6.07, 6.45) is 3.70. The van der Waals surface area contributed by atoms with Crippen molar-refractivity contribution in [3.8, 4) is 0 Å². The summed E-state index contributed by atoms with van der Waals surface area (Å²) in [5, 5.41) is 2.92. The Bertz CT molecular complexity index is 357. The Morgan fingerprint density at radius 1 is 1.62 bits per heavy atom. The van der Waals surface area contributed by atoms with Crippen molar-refractivity contribution in [2.24, 2.45) is 0 Å². The van der Waals surface area contributed by atoms with E-state index in [1.54, 1.807) is 42.0 Å². The maximum absolute atomic E-state index is 12.1. The second-order valence-electron chi connectivity index (χ2n) is 3.37. The number of carbonyl (C=O) groups excluding carboxylic acids is 1. The molecule has 16 heavy (non-hydrogen) atoms. The topological polar surface area (TPSA) is 45.2 Å². The third-order valence-corrected chi connectivity index (χ3v) is 2.84. The number of aromatic nitrogens is 1. The molecule has 4 nitrogen and oxygen atoms in total. The fourth-order valence-electron chi connectivity index (χ4n) is 1.31. The molecule has 5 heteroatoms. The molecule has 1 heterocycles. The fourth-order valence-corrected chi connectivity index (χ4v) is 1.77. The van der Waals surface area contributed by atoms with Gasteiger partial charge in [0.15, 0.2) is 0 Å². The molecule has 0 aliphatic heterocycles. The van der Waals surface area contributed by atoms with Crippen LogP contribution in [0, 0.1) is 0 Å². The molecule has 1 aromatic heterocycles. The molecule has 88 valence electrons. The predicted octanol–water partition coefficient (Wildman–Crippen LogP) is 1.56. The molecule has 0 unspecified atom stereocenters. The lowest BCUT2D eigenvalue weighted by molar-refractivity contribution is 0.0804. The lowest BCUT2D eigenvalue weighted by atomic mass is 10.2. The van der Waals surface area contributed by atoms with Crippen molar-refractivity contribution in [3.05, 3.63) is 23.9 Å². The number of rotatable bonds is 5. The summed E-state index contributed by atoms with van der Waals surface area (Å²) < 4.78 is 0. The fraction of sp³-hybridized carbons (Fsp3) is 0.455. The van der Waals surface area contributed by atoms with E-state index in [0.29, 0.717) is 11.4 Å². The van der Waals surface area contributed by atoms with Crippen LogP contribution in [0.25, 0.3) is 0 Å². The van der Waals surface area contributed by atoms with E-state index >= 15 is 0 Å². The number of pyridine rings is 1. The summed E-state index contributed by atoms with van der Waals surface area (Å²) in [6.45, 7) is 0.748. The van der Waals surface area contributed by atoms with E-state index in [0.717, 1.165) is 12.3 Å². The summed E-state index contributed by atoms with van der Waals surface area (Å²) in [7, 11) is 3.58. The largest absolute Gasteiger partial charge is 0.372 e. The highest BCUT2D eigenvalue weighted by atomic mass is 32.2. The Morgan fingerprint density at radius 3 is 3.00 bits per heavy atom. The van der Waals surface area contributed by atoms with Crippen LogP contribution in [0.4, 0.5) is 5.82 Å². The normalized spacial score (nSPS) is 9.94. The number of nitrogens with zero attached hydrogens (tertiary/aromatic N) is 2. The molecule has 0 saturated heterocycles. The lowest BCUT2D eigenvalue weighted by Crippen LogP contribution is -2.29. The molecule has 1 aromatic rings. The van der Waals surface area contributed by atoms with Gasteiger partial charge in [0.2, 0.25) is 0 Å². The second-order valence-corrected chi connectivity index (χ2v) is 4.35. The molecule has 0 fully saturated rings. The molecule has 1 N–H and O–H groups in total. The van der Waals surface area contributed by atoms with Gasteiger partial charge >= 0.3 is 0 Å². The molecule has 0 bridgehead atoms. The smallest absolute Gasteiger partial charge is 0.257 e. The molecule has 0 atom stereocenters. The second kappa shape index (κ2) is 6.37. The Hall–Kier alpha value is -1.23. The number of nitrogens with one attached hydrogen (secondary N) is 1. The highest BCUT2D eigenvalue weighted by Gasteiger charge is 2.15. The molecular formula is C11H17N3OS. The highest BCUT2D eigenvalue weighted by Crippen LogP contribution is 2.12. The van der Waals surface area contributed by atoms with Crippen molar-refractivity contribution < 1.29 is 4.79 Å². The average Bonchev–Trinajstić information content (AvgIpc) is 2.34. The molecule has 0 spiro atoms. The van der Waals surface area contributed by atoms with Gasteiger partial charge in [-0.05, 0) is 18.4 Å². The molecule has 1 rings (SSSR count). The molecule has 0 aliphatic carbocycles. The summed E-state index contributed by atoms with van der Waals surface area (Å²) in [6, 6.07) is 3.56. The zero-order chi connectivity index (χ0) is 12.0. The third-order valence-electron chi connectivity index (χ3n) is 2.25. The molecule has 0 saturated carbocycles. The quantitative estimate of drug-likeness (QED) is 0.847. The van der Waals surface area contributed by atoms with Crippen LogP contribution >= 0.6 is 11.8 Å². The van der Waals surface area contributed by atoms with Gasteiger partial charge in [0.25, 0.3) is 5.91 Å². The van der Waals surface area contributed by atoms with Crippen LogP contribution in [-0.4, -0.2) is 48.4 Å². The van der Waals surface area contributed by atoms with Crippen LogP contribution in [0.5, 0.6) is 0 Å². The van der Waals surface area contributed by atoms with E-state index in [9.17, 15) is 4.79 Å². The number of amides is 1. The predicted molar refractivity (Wildman–Crippen MR) is 69.1 cm³/mol. The van der Waals surface area contributed by atoms with E-state index in [1.807, 2.05) is 13.3 Å². The average molecular weight is 239 g/mol. The van der Waals surface area contributed by atoms with Gasteiger partial charge in [-0.1, -0.05) is 0 Å². The SMILES string of the molecule is CNc1ncccc1C(=O)N(C)CCSC. The number of hydrogen-bond donors (Lipinski definition) is 1. The summed E-state index contributed by atoms with van der Waals surface area (Å²) in [5.74, 6) is 1.58. The number of hydrogen-bond acceptors (Lipinski definition) is 4. The van der Waals surface area contributed by atoms with Crippen molar-refractivity contribution in [2.45, 2.75) is 0 Å². The van der Waals surface area contributed by atoms with Crippen molar-refractivity contribution in [1.29, 1.82) is 0 Å². The van der Waals surface area contributed by atoms with E-state index in [4.69, 9.17) is 0 Å². The molecule has 0 radical (unpaired) electrons. The minimum Gasteiger partial charge on any atom is -0.372 e. The van der Waals surface area contributed by atoms with Crippen molar-refractivity contribution in [2.75, 3.05) is 38.0 Å². The van der Waals surface area contributed by atoms with Crippen molar-refractivity contribution in [3.63, 3.8) is 0 Å². The van der Waals surface area contributed by atoms with Crippen LogP contribution in [0.2, 0.25) is 0 Å². The van der Waals surface area contributed by atoms with Gasteiger partial charge in [-0.3, -0.25) is 4.79 Å². The summed E-state index contributed by atoms with van der Waals surface area (Å²) in [4.78, 5) is 17.9. The standard InChI is InChI=1S/C11H17N3OS/c1-12-10-9(5-4-6-13-10)11(15)14(2)7-8-16-3/h4-6H,7-8H2,1-3H3,(H,12,13). The van der Waals surface area contributed by atoms with Crippen LogP contribution in [0.3, 0.4) is 0 Å². The van der Waals surface area contributed by atoms with Crippen molar-refractivity contribution in [1.82, 2.24) is 9.88 Å². The zero-order valence-corrected chi connectivity index (χ0v) is 10.7. The van der Waals surface area contributed by atoms with Crippen LogP contribution in [0.15, 0.2) is 18.3 Å². The number of thioether (sulfide) groups is 1. The number of anilines is 1. The van der Waals surface area contributed by atoms with Gasteiger partial charge in [0, 0.05) is 32.6 Å². The van der Waals surface area contributed by atoms with Crippen LogP contribution in [0.1, 0.15) is 10.4 Å². The van der Waals surface area contributed by atoms with Gasteiger partial charge < -0.3 is 10.2 Å². The first kappa shape index (κ1) is 12.8. The third kappa shape index (κ3) is 3.13.